The molecular formula is C17H24N6O2S. The number of anilines is 1. The third kappa shape index (κ3) is 3.55. The molecule has 0 aromatic carbocycles. The van der Waals surface area contributed by atoms with Crippen molar-refractivity contribution in [3.8, 4) is 11.1 Å². The first kappa shape index (κ1) is 18.7. The molecule has 1 fully saturated rings. The highest BCUT2D eigenvalue weighted by Gasteiger charge is 2.36. The number of nitrogens with zero attached hydrogens (tertiary/aromatic N) is 5. The molecule has 26 heavy (non-hydrogen) atoms. The van der Waals surface area contributed by atoms with Gasteiger partial charge in [0.1, 0.15) is 12.1 Å². The summed E-state index contributed by atoms with van der Waals surface area (Å²) in [5.74, 6) is 0.446. The van der Waals surface area contributed by atoms with Gasteiger partial charge in [-0.1, -0.05) is 13.8 Å². The van der Waals surface area contributed by atoms with Crippen molar-refractivity contribution in [3.63, 3.8) is 0 Å². The Hall–Kier alpha value is -2.10. The summed E-state index contributed by atoms with van der Waals surface area (Å²) in [5, 5.41) is 0. The second kappa shape index (κ2) is 7.65. The van der Waals surface area contributed by atoms with Crippen LogP contribution in [0.25, 0.3) is 11.1 Å². The summed E-state index contributed by atoms with van der Waals surface area (Å²) in [7, 11) is -3.43. The van der Waals surface area contributed by atoms with E-state index < -0.39 is 10.2 Å². The molecule has 0 spiro atoms. The SMILES string of the molecule is CCN(CC)S(=O)(=O)N1CCC(c2ncncc2-c2ccnc(N)c2)C1. The van der Waals surface area contributed by atoms with Crippen molar-refractivity contribution in [2.75, 3.05) is 31.9 Å². The van der Waals surface area contributed by atoms with Crippen LogP contribution in [0.2, 0.25) is 0 Å². The van der Waals surface area contributed by atoms with Gasteiger partial charge in [0.05, 0.1) is 5.69 Å². The van der Waals surface area contributed by atoms with Gasteiger partial charge in [-0.05, 0) is 24.1 Å². The van der Waals surface area contributed by atoms with Gasteiger partial charge in [-0.25, -0.2) is 15.0 Å². The molecular weight excluding hydrogens is 352 g/mol. The van der Waals surface area contributed by atoms with Crippen LogP contribution in [0.3, 0.4) is 0 Å². The van der Waals surface area contributed by atoms with Gasteiger partial charge in [-0.15, -0.1) is 0 Å². The fourth-order valence-corrected chi connectivity index (χ4v) is 5.06. The van der Waals surface area contributed by atoms with E-state index in [1.54, 1.807) is 22.8 Å². The maximum absolute atomic E-state index is 12.8. The summed E-state index contributed by atoms with van der Waals surface area (Å²) in [5.41, 5.74) is 8.40. The van der Waals surface area contributed by atoms with E-state index >= 15 is 0 Å². The first-order valence-electron chi connectivity index (χ1n) is 8.74. The molecule has 1 unspecified atom stereocenters. The van der Waals surface area contributed by atoms with E-state index in [0.717, 1.165) is 23.2 Å². The number of rotatable bonds is 6. The molecule has 2 aromatic rings. The van der Waals surface area contributed by atoms with E-state index in [2.05, 4.69) is 15.0 Å². The Morgan fingerprint density at radius 2 is 2.08 bits per heavy atom. The average molecular weight is 376 g/mol. The summed E-state index contributed by atoms with van der Waals surface area (Å²) < 4.78 is 28.6. The lowest BCUT2D eigenvalue weighted by atomic mass is 9.96. The van der Waals surface area contributed by atoms with Crippen molar-refractivity contribution in [2.24, 2.45) is 0 Å². The van der Waals surface area contributed by atoms with Crippen LogP contribution in [0.1, 0.15) is 31.9 Å². The monoisotopic (exact) mass is 376 g/mol. The van der Waals surface area contributed by atoms with Gasteiger partial charge < -0.3 is 5.73 Å². The smallest absolute Gasteiger partial charge is 0.281 e. The summed E-state index contributed by atoms with van der Waals surface area (Å²) in [6, 6.07) is 3.64. The van der Waals surface area contributed by atoms with Crippen LogP contribution in [-0.4, -0.2) is 58.2 Å². The van der Waals surface area contributed by atoms with E-state index in [1.165, 1.54) is 10.6 Å². The topological polar surface area (TPSA) is 105 Å². The maximum atomic E-state index is 12.8. The Morgan fingerprint density at radius 3 is 2.77 bits per heavy atom. The lowest BCUT2D eigenvalue weighted by Gasteiger charge is -2.25. The molecule has 0 radical (unpaired) electrons. The van der Waals surface area contributed by atoms with Crippen LogP contribution in [0, 0.1) is 0 Å². The number of hydrogen-bond donors (Lipinski definition) is 1. The van der Waals surface area contributed by atoms with E-state index in [1.807, 2.05) is 19.9 Å². The fourth-order valence-electron chi connectivity index (χ4n) is 3.38. The minimum atomic E-state index is -3.43. The second-order valence-electron chi connectivity index (χ2n) is 6.23. The van der Waals surface area contributed by atoms with Crippen molar-refractivity contribution in [1.29, 1.82) is 0 Å². The predicted molar refractivity (Wildman–Crippen MR) is 100 cm³/mol. The maximum Gasteiger partial charge on any atom is 0.281 e. The molecule has 2 N–H and O–H groups in total. The first-order chi connectivity index (χ1) is 12.5. The van der Waals surface area contributed by atoms with E-state index in [9.17, 15) is 8.42 Å². The summed E-state index contributed by atoms with van der Waals surface area (Å²) >= 11 is 0. The average Bonchev–Trinajstić information content (AvgIpc) is 3.13. The Morgan fingerprint density at radius 1 is 1.31 bits per heavy atom. The molecule has 8 nitrogen and oxygen atoms in total. The molecule has 1 aliphatic heterocycles. The standard InChI is InChI=1S/C17H24N6O2S/c1-3-22(4-2)26(24,25)23-8-6-14(11-23)17-15(10-19-12-21-17)13-5-7-20-16(18)9-13/h5,7,9-10,12,14H,3-4,6,8,11H2,1-2H3,(H2,18,20). The first-order valence-corrected chi connectivity index (χ1v) is 10.1. The molecule has 2 aromatic heterocycles. The summed E-state index contributed by atoms with van der Waals surface area (Å²) in [4.78, 5) is 12.6. The summed E-state index contributed by atoms with van der Waals surface area (Å²) in [6.07, 6.45) is 5.63. The molecule has 3 rings (SSSR count). The molecule has 0 bridgehead atoms. The van der Waals surface area contributed by atoms with Crippen molar-refractivity contribution in [3.05, 3.63) is 36.5 Å². The third-order valence-corrected chi connectivity index (χ3v) is 6.88. The largest absolute Gasteiger partial charge is 0.384 e. The van der Waals surface area contributed by atoms with E-state index in [-0.39, 0.29) is 5.92 Å². The second-order valence-corrected chi connectivity index (χ2v) is 8.16. The molecule has 9 heteroatoms. The van der Waals surface area contributed by atoms with Gasteiger partial charge in [0, 0.05) is 50.1 Å². The Bertz CT molecular complexity index is 869. The highest BCUT2D eigenvalue weighted by Crippen LogP contribution is 2.34. The van der Waals surface area contributed by atoms with Crippen LogP contribution in [0.15, 0.2) is 30.9 Å². The summed E-state index contributed by atoms with van der Waals surface area (Å²) in [6.45, 7) is 5.55. The zero-order valence-corrected chi connectivity index (χ0v) is 15.9. The van der Waals surface area contributed by atoms with Crippen molar-refractivity contribution in [1.82, 2.24) is 23.6 Å². The lowest BCUT2D eigenvalue weighted by Crippen LogP contribution is -2.42. The quantitative estimate of drug-likeness (QED) is 0.819. The number of nitrogens with two attached hydrogens (primary N) is 1. The van der Waals surface area contributed by atoms with Gasteiger partial charge in [0.15, 0.2) is 0 Å². The zero-order chi connectivity index (χ0) is 18.7. The predicted octanol–water partition coefficient (Wildman–Crippen LogP) is 1.50. The van der Waals surface area contributed by atoms with Gasteiger partial charge >= 0.3 is 0 Å². The molecule has 0 amide bonds. The molecule has 140 valence electrons. The number of hydrogen-bond acceptors (Lipinski definition) is 6. The highest BCUT2D eigenvalue weighted by molar-refractivity contribution is 7.86. The molecule has 0 aliphatic carbocycles. The number of aromatic nitrogens is 3. The van der Waals surface area contributed by atoms with Gasteiger partial charge in [-0.2, -0.15) is 17.0 Å². The number of nitrogen functional groups attached to an aromatic ring is 1. The van der Waals surface area contributed by atoms with Crippen molar-refractivity contribution < 1.29 is 8.42 Å². The molecule has 1 atom stereocenters. The number of pyridine rings is 1. The highest BCUT2D eigenvalue weighted by atomic mass is 32.2. The van der Waals surface area contributed by atoms with E-state index in [0.29, 0.717) is 32.0 Å². The van der Waals surface area contributed by atoms with Gasteiger partial charge in [0.25, 0.3) is 10.2 Å². The molecule has 1 aliphatic rings. The molecule has 0 saturated carbocycles. The normalized spacial score (nSPS) is 18.5. The van der Waals surface area contributed by atoms with Crippen LogP contribution in [0.5, 0.6) is 0 Å². The van der Waals surface area contributed by atoms with Crippen LogP contribution in [0.4, 0.5) is 5.82 Å². The Balaban J connectivity index is 1.88. The van der Waals surface area contributed by atoms with Crippen LogP contribution >= 0.6 is 0 Å². The van der Waals surface area contributed by atoms with Crippen molar-refractivity contribution >= 4 is 16.0 Å². The third-order valence-electron chi connectivity index (χ3n) is 4.73. The lowest BCUT2D eigenvalue weighted by molar-refractivity contribution is 0.377. The van der Waals surface area contributed by atoms with Gasteiger partial charge in [0.2, 0.25) is 0 Å². The van der Waals surface area contributed by atoms with Crippen LogP contribution in [-0.2, 0) is 10.2 Å². The molecule has 1 saturated heterocycles. The van der Waals surface area contributed by atoms with E-state index in [4.69, 9.17) is 5.73 Å². The van der Waals surface area contributed by atoms with Crippen LogP contribution < -0.4 is 5.73 Å². The fraction of sp³-hybridized carbons (Fsp3) is 0.471. The van der Waals surface area contributed by atoms with Gasteiger partial charge in [-0.3, -0.25) is 0 Å². The minimum Gasteiger partial charge on any atom is -0.384 e. The Labute approximate surface area is 154 Å². The minimum absolute atomic E-state index is 0.0210. The Kier molecular flexibility index (Phi) is 5.49. The molecule has 3 heterocycles. The van der Waals surface area contributed by atoms with Crippen molar-refractivity contribution in [2.45, 2.75) is 26.2 Å². The zero-order valence-electron chi connectivity index (χ0n) is 15.0.